The van der Waals surface area contributed by atoms with Gasteiger partial charge in [-0.15, -0.1) is 0 Å². The van der Waals surface area contributed by atoms with E-state index in [2.05, 4.69) is 31.0 Å². The highest BCUT2D eigenvalue weighted by Gasteiger charge is 2.31. The fourth-order valence-electron chi connectivity index (χ4n) is 3.71. The molecule has 1 saturated carbocycles. The van der Waals surface area contributed by atoms with Gasteiger partial charge in [0.2, 0.25) is 0 Å². The molecule has 17 heavy (non-hydrogen) atoms. The number of nitrogens with zero attached hydrogens (tertiary/aromatic N) is 1. The summed E-state index contributed by atoms with van der Waals surface area (Å²) < 4.78 is 0. The van der Waals surface area contributed by atoms with E-state index >= 15 is 0 Å². The quantitative estimate of drug-likeness (QED) is 0.810. The second-order valence-corrected chi connectivity index (χ2v) is 6.34. The molecule has 0 radical (unpaired) electrons. The first kappa shape index (κ1) is 13.4. The number of hydrogen-bond acceptors (Lipinski definition) is 2. The molecule has 2 fully saturated rings. The Labute approximate surface area is 107 Å². The van der Waals surface area contributed by atoms with Crippen LogP contribution in [0.2, 0.25) is 0 Å². The van der Waals surface area contributed by atoms with Crippen molar-refractivity contribution < 1.29 is 0 Å². The van der Waals surface area contributed by atoms with Crippen molar-refractivity contribution in [2.75, 3.05) is 19.6 Å². The number of rotatable bonds is 4. The summed E-state index contributed by atoms with van der Waals surface area (Å²) in [5.41, 5.74) is 0. The van der Waals surface area contributed by atoms with Crippen LogP contribution in [0.4, 0.5) is 0 Å². The first-order valence-corrected chi connectivity index (χ1v) is 7.68. The summed E-state index contributed by atoms with van der Waals surface area (Å²) in [4.78, 5) is 2.75. The molecule has 0 aromatic carbocycles. The molecule has 0 aromatic rings. The molecule has 1 aliphatic carbocycles. The third-order valence-electron chi connectivity index (χ3n) is 4.91. The van der Waals surface area contributed by atoms with E-state index in [-0.39, 0.29) is 0 Å². The monoisotopic (exact) mass is 238 g/mol. The van der Waals surface area contributed by atoms with Gasteiger partial charge in [-0.1, -0.05) is 27.2 Å². The molecule has 2 nitrogen and oxygen atoms in total. The van der Waals surface area contributed by atoms with Gasteiger partial charge < -0.3 is 5.32 Å². The van der Waals surface area contributed by atoms with Gasteiger partial charge in [0, 0.05) is 18.6 Å². The van der Waals surface area contributed by atoms with Crippen LogP contribution in [0.25, 0.3) is 0 Å². The van der Waals surface area contributed by atoms with Crippen molar-refractivity contribution in [3.05, 3.63) is 0 Å². The van der Waals surface area contributed by atoms with E-state index in [0.717, 1.165) is 23.9 Å². The second-order valence-electron chi connectivity index (χ2n) is 6.34. The van der Waals surface area contributed by atoms with Crippen molar-refractivity contribution in [1.29, 1.82) is 0 Å². The third-order valence-corrected chi connectivity index (χ3v) is 4.91. The van der Waals surface area contributed by atoms with E-state index in [9.17, 15) is 0 Å². The third kappa shape index (κ3) is 3.45. The molecule has 1 heterocycles. The summed E-state index contributed by atoms with van der Waals surface area (Å²) in [6.07, 6.45) is 7.05. The van der Waals surface area contributed by atoms with Gasteiger partial charge in [0.25, 0.3) is 0 Å². The van der Waals surface area contributed by atoms with Crippen molar-refractivity contribution in [2.24, 2.45) is 11.8 Å². The van der Waals surface area contributed by atoms with E-state index < -0.39 is 0 Å². The second kappa shape index (κ2) is 6.19. The Hall–Kier alpha value is -0.0800. The van der Waals surface area contributed by atoms with Crippen LogP contribution < -0.4 is 5.32 Å². The minimum absolute atomic E-state index is 0.763. The SMILES string of the molecule is CCN(CC1CCCN1)C1CC(C)CCC1C. The van der Waals surface area contributed by atoms with E-state index in [1.807, 2.05) is 0 Å². The molecule has 2 aliphatic rings. The molecule has 0 spiro atoms. The van der Waals surface area contributed by atoms with Crippen LogP contribution >= 0.6 is 0 Å². The number of likely N-dealkylation sites (N-methyl/N-ethyl adjacent to an activating group) is 1. The molecule has 1 aliphatic heterocycles. The zero-order chi connectivity index (χ0) is 12.3. The van der Waals surface area contributed by atoms with Crippen LogP contribution in [0, 0.1) is 11.8 Å². The smallest absolute Gasteiger partial charge is 0.0195 e. The lowest BCUT2D eigenvalue weighted by Crippen LogP contribution is -2.48. The maximum Gasteiger partial charge on any atom is 0.0195 e. The van der Waals surface area contributed by atoms with Gasteiger partial charge in [-0.25, -0.2) is 0 Å². The van der Waals surface area contributed by atoms with Gasteiger partial charge in [-0.2, -0.15) is 0 Å². The molecule has 2 heteroatoms. The van der Waals surface area contributed by atoms with E-state index in [0.29, 0.717) is 0 Å². The predicted molar refractivity (Wildman–Crippen MR) is 74.2 cm³/mol. The van der Waals surface area contributed by atoms with Crippen molar-refractivity contribution in [3.63, 3.8) is 0 Å². The Morgan fingerprint density at radius 3 is 2.65 bits per heavy atom. The van der Waals surface area contributed by atoms with Gasteiger partial charge in [-0.05, 0) is 50.6 Å². The molecule has 0 bridgehead atoms. The maximum atomic E-state index is 3.64. The lowest BCUT2D eigenvalue weighted by Gasteiger charge is -2.41. The summed E-state index contributed by atoms with van der Waals surface area (Å²) >= 11 is 0. The first-order valence-electron chi connectivity index (χ1n) is 7.68. The minimum atomic E-state index is 0.763. The van der Waals surface area contributed by atoms with Crippen LogP contribution in [0.5, 0.6) is 0 Å². The van der Waals surface area contributed by atoms with Crippen LogP contribution in [0.1, 0.15) is 52.9 Å². The van der Waals surface area contributed by atoms with Crippen LogP contribution in [0.15, 0.2) is 0 Å². The minimum Gasteiger partial charge on any atom is -0.313 e. The van der Waals surface area contributed by atoms with Crippen molar-refractivity contribution in [3.8, 4) is 0 Å². The molecule has 0 amide bonds. The average molecular weight is 238 g/mol. The zero-order valence-corrected chi connectivity index (χ0v) is 11.9. The topological polar surface area (TPSA) is 15.3 Å². The Morgan fingerprint density at radius 2 is 2.00 bits per heavy atom. The zero-order valence-electron chi connectivity index (χ0n) is 11.9. The molecule has 2 rings (SSSR count). The van der Waals surface area contributed by atoms with Gasteiger partial charge in [0.05, 0.1) is 0 Å². The molecular weight excluding hydrogens is 208 g/mol. The Bertz CT molecular complexity index is 223. The van der Waals surface area contributed by atoms with Crippen molar-refractivity contribution >= 4 is 0 Å². The summed E-state index contributed by atoms with van der Waals surface area (Å²) in [5, 5.41) is 3.64. The van der Waals surface area contributed by atoms with Gasteiger partial charge >= 0.3 is 0 Å². The summed E-state index contributed by atoms with van der Waals surface area (Å²) in [6.45, 7) is 11.0. The molecule has 4 atom stereocenters. The maximum absolute atomic E-state index is 3.64. The molecule has 0 aromatic heterocycles. The van der Waals surface area contributed by atoms with E-state index in [4.69, 9.17) is 0 Å². The lowest BCUT2D eigenvalue weighted by atomic mass is 9.79. The molecule has 1 saturated heterocycles. The fraction of sp³-hybridized carbons (Fsp3) is 1.00. The highest BCUT2D eigenvalue weighted by molar-refractivity contribution is 4.86. The molecule has 4 unspecified atom stereocenters. The molecule has 1 N–H and O–H groups in total. The van der Waals surface area contributed by atoms with Gasteiger partial charge in [0.1, 0.15) is 0 Å². The van der Waals surface area contributed by atoms with Gasteiger partial charge in [-0.3, -0.25) is 4.90 Å². The summed E-state index contributed by atoms with van der Waals surface area (Å²) in [6, 6.07) is 1.60. The van der Waals surface area contributed by atoms with Crippen LogP contribution in [-0.4, -0.2) is 36.6 Å². The normalized spacial score (nSPS) is 38.8. The Morgan fingerprint density at radius 1 is 1.18 bits per heavy atom. The molecular formula is C15H30N2. The summed E-state index contributed by atoms with van der Waals surface area (Å²) in [5.74, 6) is 1.83. The Kier molecular flexibility index (Phi) is 4.87. The van der Waals surface area contributed by atoms with Crippen molar-refractivity contribution in [1.82, 2.24) is 10.2 Å². The van der Waals surface area contributed by atoms with Crippen LogP contribution in [-0.2, 0) is 0 Å². The van der Waals surface area contributed by atoms with Crippen LogP contribution in [0.3, 0.4) is 0 Å². The van der Waals surface area contributed by atoms with Crippen molar-refractivity contribution in [2.45, 2.75) is 65.0 Å². The highest BCUT2D eigenvalue weighted by atomic mass is 15.2. The molecule has 100 valence electrons. The fourth-order valence-corrected chi connectivity index (χ4v) is 3.71. The standard InChI is InChI=1S/C15H30N2/c1-4-17(11-14-6-5-9-16-14)15-10-12(2)7-8-13(15)3/h12-16H,4-11H2,1-3H3. The average Bonchev–Trinajstić information content (AvgIpc) is 2.82. The Balaban J connectivity index is 1.90. The number of hydrogen-bond donors (Lipinski definition) is 1. The largest absolute Gasteiger partial charge is 0.313 e. The first-order chi connectivity index (χ1) is 8.20. The lowest BCUT2D eigenvalue weighted by molar-refractivity contribution is 0.0878. The number of nitrogens with one attached hydrogen (secondary N) is 1. The highest BCUT2D eigenvalue weighted by Crippen LogP contribution is 2.32. The summed E-state index contributed by atoms with van der Waals surface area (Å²) in [7, 11) is 0. The van der Waals surface area contributed by atoms with E-state index in [1.165, 1.54) is 51.7 Å². The van der Waals surface area contributed by atoms with Gasteiger partial charge in [0.15, 0.2) is 0 Å². The van der Waals surface area contributed by atoms with E-state index in [1.54, 1.807) is 0 Å². The predicted octanol–water partition coefficient (Wildman–Crippen LogP) is 2.89.